The van der Waals surface area contributed by atoms with Gasteiger partial charge in [-0.05, 0) is 25.5 Å². The van der Waals surface area contributed by atoms with Crippen molar-refractivity contribution in [3.05, 3.63) is 47.9 Å². The van der Waals surface area contributed by atoms with E-state index in [1.807, 2.05) is 23.9 Å². The number of nitrogens with zero attached hydrogens (tertiary/aromatic N) is 5. The number of ether oxygens (including phenoxy) is 1. The van der Waals surface area contributed by atoms with Crippen LogP contribution in [0.2, 0.25) is 0 Å². The van der Waals surface area contributed by atoms with Crippen molar-refractivity contribution >= 4 is 11.2 Å². The number of piperidine rings is 1. The summed E-state index contributed by atoms with van der Waals surface area (Å²) in [6.07, 6.45) is 5.79. The van der Waals surface area contributed by atoms with E-state index in [9.17, 15) is 0 Å². The Labute approximate surface area is 147 Å². The first-order valence-electron chi connectivity index (χ1n) is 8.74. The lowest BCUT2D eigenvalue weighted by Gasteiger charge is -2.32. The number of likely N-dealkylation sites (tertiary alicyclic amines) is 1. The monoisotopic (exact) mass is 337 g/mol. The minimum Gasteiger partial charge on any atom is -0.496 e. The van der Waals surface area contributed by atoms with Gasteiger partial charge in [0.1, 0.15) is 11.3 Å². The Morgan fingerprint density at radius 2 is 2.04 bits per heavy atom. The minimum atomic E-state index is 0.392. The highest BCUT2D eigenvalue weighted by molar-refractivity contribution is 5.73. The van der Waals surface area contributed by atoms with Crippen molar-refractivity contribution in [3.63, 3.8) is 0 Å². The molecule has 0 aliphatic carbocycles. The standard InChI is InChI=1S/C19H23N5O/c1-23-19-18(20-9-10-21-19)17(22-23)15-7-5-11-24(13-15)12-14-6-3-4-8-16(14)25-2/h3-4,6,8-10,15H,5,7,11-13H2,1-2H3. The fraction of sp³-hybridized carbons (Fsp3) is 0.421. The Morgan fingerprint density at radius 1 is 1.20 bits per heavy atom. The average molecular weight is 337 g/mol. The Kier molecular flexibility index (Phi) is 4.36. The summed E-state index contributed by atoms with van der Waals surface area (Å²) >= 11 is 0. The van der Waals surface area contributed by atoms with E-state index in [1.54, 1.807) is 19.5 Å². The van der Waals surface area contributed by atoms with Crippen LogP contribution in [-0.4, -0.2) is 44.8 Å². The lowest BCUT2D eigenvalue weighted by Crippen LogP contribution is -2.34. The molecule has 4 rings (SSSR count). The number of aromatic nitrogens is 4. The molecular formula is C19H23N5O. The molecule has 0 amide bonds. The third kappa shape index (κ3) is 3.09. The summed E-state index contributed by atoms with van der Waals surface area (Å²) in [5.74, 6) is 1.35. The summed E-state index contributed by atoms with van der Waals surface area (Å²) in [5, 5.41) is 4.73. The zero-order valence-corrected chi connectivity index (χ0v) is 14.7. The van der Waals surface area contributed by atoms with Crippen molar-refractivity contribution in [1.29, 1.82) is 0 Å². The van der Waals surface area contributed by atoms with Crippen LogP contribution >= 0.6 is 0 Å². The zero-order valence-electron chi connectivity index (χ0n) is 14.7. The Bertz CT molecular complexity index is 875. The van der Waals surface area contributed by atoms with Crippen LogP contribution in [0.25, 0.3) is 11.2 Å². The van der Waals surface area contributed by atoms with E-state index in [1.165, 1.54) is 5.56 Å². The molecule has 1 atom stereocenters. The number of hydrogen-bond acceptors (Lipinski definition) is 5. The fourth-order valence-electron chi connectivity index (χ4n) is 3.78. The summed E-state index contributed by atoms with van der Waals surface area (Å²) in [7, 11) is 3.67. The lowest BCUT2D eigenvalue weighted by molar-refractivity contribution is 0.196. The highest BCUT2D eigenvalue weighted by Crippen LogP contribution is 2.31. The van der Waals surface area contributed by atoms with Crippen molar-refractivity contribution in [2.45, 2.75) is 25.3 Å². The fourth-order valence-corrected chi connectivity index (χ4v) is 3.78. The molecule has 3 aromatic rings. The highest BCUT2D eigenvalue weighted by Gasteiger charge is 2.26. The number of para-hydroxylation sites is 1. The third-order valence-electron chi connectivity index (χ3n) is 4.96. The quantitative estimate of drug-likeness (QED) is 0.733. The normalized spacial score (nSPS) is 18.6. The molecule has 0 saturated carbocycles. The van der Waals surface area contributed by atoms with Gasteiger partial charge < -0.3 is 4.74 Å². The molecule has 0 bridgehead atoms. The first kappa shape index (κ1) is 16.0. The van der Waals surface area contributed by atoms with Crippen LogP contribution in [0.1, 0.15) is 30.0 Å². The molecule has 1 unspecified atom stereocenters. The van der Waals surface area contributed by atoms with Gasteiger partial charge in [-0.2, -0.15) is 5.10 Å². The van der Waals surface area contributed by atoms with Crippen LogP contribution in [0.5, 0.6) is 5.75 Å². The molecular weight excluding hydrogens is 314 g/mol. The molecule has 1 aliphatic rings. The van der Waals surface area contributed by atoms with E-state index < -0.39 is 0 Å². The van der Waals surface area contributed by atoms with E-state index in [0.29, 0.717) is 5.92 Å². The molecule has 6 heteroatoms. The molecule has 0 radical (unpaired) electrons. The SMILES string of the molecule is COc1ccccc1CN1CCCC(c2nn(C)c3nccnc23)C1. The van der Waals surface area contributed by atoms with Crippen molar-refractivity contribution in [1.82, 2.24) is 24.6 Å². The van der Waals surface area contributed by atoms with Gasteiger partial charge >= 0.3 is 0 Å². The summed E-state index contributed by atoms with van der Waals surface area (Å²) in [6, 6.07) is 8.25. The first-order chi connectivity index (χ1) is 12.3. The van der Waals surface area contributed by atoms with Crippen LogP contribution in [-0.2, 0) is 13.6 Å². The Balaban J connectivity index is 1.56. The second kappa shape index (κ2) is 6.80. The van der Waals surface area contributed by atoms with Gasteiger partial charge in [-0.3, -0.25) is 4.90 Å². The number of fused-ring (bicyclic) bond motifs is 1. The van der Waals surface area contributed by atoms with Crippen molar-refractivity contribution in [3.8, 4) is 5.75 Å². The van der Waals surface area contributed by atoms with E-state index in [4.69, 9.17) is 9.84 Å². The Hall–Kier alpha value is -2.47. The van der Waals surface area contributed by atoms with E-state index in [0.717, 1.165) is 55.1 Å². The van der Waals surface area contributed by atoms with E-state index in [-0.39, 0.29) is 0 Å². The second-order valence-electron chi connectivity index (χ2n) is 6.62. The minimum absolute atomic E-state index is 0.392. The van der Waals surface area contributed by atoms with Gasteiger partial charge in [0.2, 0.25) is 0 Å². The van der Waals surface area contributed by atoms with Crippen molar-refractivity contribution < 1.29 is 4.74 Å². The van der Waals surface area contributed by atoms with Crippen molar-refractivity contribution in [2.75, 3.05) is 20.2 Å². The number of rotatable bonds is 4. The number of hydrogen-bond donors (Lipinski definition) is 0. The highest BCUT2D eigenvalue weighted by atomic mass is 16.5. The number of aryl methyl sites for hydroxylation is 1. The predicted octanol–water partition coefficient (Wildman–Crippen LogP) is 2.75. The summed E-state index contributed by atoms with van der Waals surface area (Å²) in [5.41, 5.74) is 4.11. The second-order valence-corrected chi connectivity index (χ2v) is 6.62. The maximum Gasteiger partial charge on any atom is 0.176 e. The lowest BCUT2D eigenvalue weighted by atomic mass is 9.94. The molecule has 1 aliphatic heterocycles. The van der Waals surface area contributed by atoms with Gasteiger partial charge in [0.15, 0.2) is 5.65 Å². The van der Waals surface area contributed by atoms with Crippen LogP contribution in [0.15, 0.2) is 36.7 Å². The van der Waals surface area contributed by atoms with E-state index >= 15 is 0 Å². The molecule has 0 N–H and O–H groups in total. The molecule has 25 heavy (non-hydrogen) atoms. The molecule has 130 valence electrons. The first-order valence-corrected chi connectivity index (χ1v) is 8.74. The predicted molar refractivity (Wildman–Crippen MR) is 96.6 cm³/mol. The Morgan fingerprint density at radius 3 is 2.92 bits per heavy atom. The largest absolute Gasteiger partial charge is 0.496 e. The maximum absolute atomic E-state index is 5.50. The zero-order chi connectivity index (χ0) is 17.2. The number of benzene rings is 1. The van der Waals surface area contributed by atoms with Gasteiger partial charge in [0.05, 0.1) is 12.8 Å². The van der Waals surface area contributed by atoms with Crippen LogP contribution in [0.4, 0.5) is 0 Å². The van der Waals surface area contributed by atoms with Crippen molar-refractivity contribution in [2.24, 2.45) is 7.05 Å². The summed E-state index contributed by atoms with van der Waals surface area (Å²) in [4.78, 5) is 11.4. The molecule has 1 aromatic carbocycles. The van der Waals surface area contributed by atoms with Gasteiger partial charge in [0, 0.05) is 44.0 Å². The molecule has 3 heterocycles. The molecule has 0 spiro atoms. The molecule has 1 saturated heterocycles. The van der Waals surface area contributed by atoms with Crippen LogP contribution in [0, 0.1) is 0 Å². The molecule has 2 aromatic heterocycles. The molecule has 6 nitrogen and oxygen atoms in total. The molecule has 1 fully saturated rings. The summed E-state index contributed by atoms with van der Waals surface area (Å²) < 4.78 is 7.34. The number of methoxy groups -OCH3 is 1. The maximum atomic E-state index is 5.50. The third-order valence-corrected chi connectivity index (χ3v) is 4.96. The van der Waals surface area contributed by atoms with E-state index in [2.05, 4.69) is 27.0 Å². The van der Waals surface area contributed by atoms with Gasteiger partial charge in [-0.15, -0.1) is 0 Å². The smallest absolute Gasteiger partial charge is 0.176 e. The summed E-state index contributed by atoms with van der Waals surface area (Å²) in [6.45, 7) is 2.99. The average Bonchev–Trinajstić information content (AvgIpc) is 3.00. The van der Waals surface area contributed by atoms with Crippen LogP contribution < -0.4 is 4.74 Å². The van der Waals surface area contributed by atoms with Crippen LogP contribution in [0.3, 0.4) is 0 Å². The van der Waals surface area contributed by atoms with Gasteiger partial charge in [0.25, 0.3) is 0 Å². The van der Waals surface area contributed by atoms with Gasteiger partial charge in [-0.1, -0.05) is 18.2 Å². The topological polar surface area (TPSA) is 56.1 Å². The van der Waals surface area contributed by atoms with Gasteiger partial charge in [-0.25, -0.2) is 14.6 Å².